The third-order valence-corrected chi connectivity index (χ3v) is 8.96. The fraction of sp³-hybridized carbons (Fsp3) is 0.343. The van der Waals surface area contributed by atoms with E-state index in [0.29, 0.717) is 18.0 Å². The molecule has 1 aliphatic heterocycles. The number of aromatic nitrogens is 1. The van der Waals surface area contributed by atoms with Crippen LogP contribution in [-0.4, -0.2) is 59.5 Å². The molecule has 3 unspecified atom stereocenters. The SMILES string of the molecule is COC(=O)C1=C(C)C(C(NC(=O)c2ccccn2)C(CN2CCC(c3ccccc3)CC2)c2ccccc2)CC=C1[N+](=O)[O-].Cl. The van der Waals surface area contributed by atoms with E-state index in [0.717, 1.165) is 31.5 Å². The van der Waals surface area contributed by atoms with Crippen molar-refractivity contribution in [3.05, 3.63) is 135 Å². The van der Waals surface area contributed by atoms with Crippen molar-refractivity contribution < 1.29 is 19.2 Å². The van der Waals surface area contributed by atoms with Crippen molar-refractivity contribution in [1.82, 2.24) is 15.2 Å². The Morgan fingerprint density at radius 3 is 2.27 bits per heavy atom. The van der Waals surface area contributed by atoms with Crippen molar-refractivity contribution in [2.75, 3.05) is 26.7 Å². The minimum atomic E-state index is -0.760. The maximum atomic E-state index is 13.7. The lowest BCUT2D eigenvalue weighted by atomic mass is 9.74. The third kappa shape index (κ3) is 7.85. The van der Waals surface area contributed by atoms with Crippen LogP contribution in [0, 0.1) is 16.0 Å². The molecule has 5 rings (SSSR count). The van der Waals surface area contributed by atoms with Gasteiger partial charge in [-0.2, -0.15) is 0 Å². The summed E-state index contributed by atoms with van der Waals surface area (Å²) in [6, 6.07) is 25.3. The van der Waals surface area contributed by atoms with Crippen molar-refractivity contribution in [1.29, 1.82) is 0 Å². The molecule has 236 valence electrons. The first-order valence-corrected chi connectivity index (χ1v) is 15.1. The molecule has 10 heteroatoms. The second kappa shape index (κ2) is 15.6. The quantitative estimate of drug-likeness (QED) is 0.168. The number of halogens is 1. The number of pyridine rings is 1. The molecule has 2 heterocycles. The van der Waals surface area contributed by atoms with Crippen LogP contribution in [0.5, 0.6) is 0 Å². The van der Waals surface area contributed by atoms with Crippen LogP contribution < -0.4 is 5.32 Å². The molecule has 0 bridgehead atoms. The van der Waals surface area contributed by atoms with Gasteiger partial charge in [-0.25, -0.2) is 4.79 Å². The number of ether oxygens (including phenoxy) is 1. The van der Waals surface area contributed by atoms with Gasteiger partial charge in [0.2, 0.25) is 0 Å². The van der Waals surface area contributed by atoms with E-state index in [-0.39, 0.29) is 47.6 Å². The van der Waals surface area contributed by atoms with Crippen LogP contribution in [0.1, 0.15) is 59.6 Å². The molecule has 1 aliphatic carbocycles. The standard InChI is InChI=1S/C35H38N4O5.ClH/c1-24-28(16-17-31(39(42)43)32(24)35(41)44-2)33(37-34(40)30-15-9-10-20-36-30)29(27-13-7-4-8-14-27)23-38-21-18-26(19-22-38)25-11-5-3-6-12-25;/h3-15,17,20,26,28-29,33H,16,18-19,21-23H2,1-2H3,(H,37,40);1H. The molecular weight excluding hydrogens is 592 g/mol. The van der Waals surface area contributed by atoms with E-state index >= 15 is 0 Å². The summed E-state index contributed by atoms with van der Waals surface area (Å²) in [5.41, 5.74) is 2.89. The number of amides is 1. The van der Waals surface area contributed by atoms with Crippen LogP contribution in [-0.2, 0) is 9.53 Å². The number of nitrogens with zero attached hydrogens (tertiary/aromatic N) is 3. The molecular formula is C35H39ClN4O5. The smallest absolute Gasteiger partial charge is 0.344 e. The Kier molecular flexibility index (Phi) is 11.6. The summed E-state index contributed by atoms with van der Waals surface area (Å²) in [5, 5.41) is 15.2. The van der Waals surface area contributed by atoms with Gasteiger partial charge in [0.1, 0.15) is 11.3 Å². The molecule has 45 heavy (non-hydrogen) atoms. The third-order valence-electron chi connectivity index (χ3n) is 8.96. The zero-order chi connectivity index (χ0) is 31.1. The number of piperidine rings is 1. The Morgan fingerprint density at radius 1 is 1.02 bits per heavy atom. The van der Waals surface area contributed by atoms with Crippen LogP contribution >= 0.6 is 12.4 Å². The molecule has 1 aromatic heterocycles. The number of benzene rings is 2. The summed E-state index contributed by atoms with van der Waals surface area (Å²) in [5.74, 6) is -1.17. The van der Waals surface area contributed by atoms with Crippen LogP contribution in [0.4, 0.5) is 0 Å². The fourth-order valence-corrected chi connectivity index (χ4v) is 6.64. The van der Waals surface area contributed by atoms with Gasteiger partial charge in [-0.05, 0) is 80.1 Å². The van der Waals surface area contributed by atoms with Crippen molar-refractivity contribution in [3.8, 4) is 0 Å². The largest absolute Gasteiger partial charge is 0.465 e. The second-order valence-corrected chi connectivity index (χ2v) is 11.5. The number of rotatable bonds is 10. The zero-order valence-electron chi connectivity index (χ0n) is 25.5. The predicted octanol–water partition coefficient (Wildman–Crippen LogP) is 5.94. The highest BCUT2D eigenvalue weighted by Crippen LogP contribution is 2.39. The Balaban J connectivity index is 0.00000461. The van der Waals surface area contributed by atoms with Crippen LogP contribution in [0.3, 0.4) is 0 Å². The van der Waals surface area contributed by atoms with E-state index in [2.05, 4.69) is 51.6 Å². The lowest BCUT2D eigenvalue weighted by molar-refractivity contribution is -0.421. The summed E-state index contributed by atoms with van der Waals surface area (Å²) in [6.45, 7) is 4.22. The Bertz CT molecular complexity index is 1520. The van der Waals surface area contributed by atoms with E-state index in [9.17, 15) is 19.7 Å². The second-order valence-electron chi connectivity index (χ2n) is 11.5. The highest BCUT2D eigenvalue weighted by atomic mass is 35.5. The molecule has 9 nitrogen and oxygen atoms in total. The number of methoxy groups -OCH3 is 1. The number of carbonyl (C=O) groups is 2. The Labute approximate surface area is 269 Å². The number of carbonyl (C=O) groups excluding carboxylic acids is 2. The van der Waals surface area contributed by atoms with Crippen LogP contribution in [0.15, 0.2) is 108 Å². The Morgan fingerprint density at radius 2 is 1.67 bits per heavy atom. The summed E-state index contributed by atoms with van der Waals surface area (Å²) in [7, 11) is 1.22. The normalized spacial score (nSPS) is 18.6. The molecule has 2 aromatic carbocycles. The minimum Gasteiger partial charge on any atom is -0.465 e. The number of likely N-dealkylation sites (tertiary alicyclic amines) is 1. The lowest BCUT2D eigenvalue weighted by Crippen LogP contribution is -2.49. The van der Waals surface area contributed by atoms with Crippen molar-refractivity contribution in [2.45, 2.75) is 44.1 Å². The molecule has 3 aromatic rings. The van der Waals surface area contributed by atoms with Gasteiger partial charge in [-0.3, -0.25) is 19.9 Å². The Hall–Kier alpha value is -4.34. The summed E-state index contributed by atoms with van der Waals surface area (Å²) in [6.07, 6.45) is 5.40. The summed E-state index contributed by atoms with van der Waals surface area (Å²) < 4.78 is 4.98. The molecule has 2 aliphatic rings. The molecule has 0 radical (unpaired) electrons. The first-order chi connectivity index (χ1) is 21.4. The fourth-order valence-electron chi connectivity index (χ4n) is 6.64. The summed E-state index contributed by atoms with van der Waals surface area (Å²) in [4.78, 5) is 44.6. The van der Waals surface area contributed by atoms with Gasteiger partial charge in [-0.15, -0.1) is 12.4 Å². The van der Waals surface area contributed by atoms with E-state index in [1.165, 1.54) is 18.7 Å². The predicted molar refractivity (Wildman–Crippen MR) is 175 cm³/mol. The van der Waals surface area contributed by atoms with Gasteiger partial charge < -0.3 is 15.0 Å². The zero-order valence-corrected chi connectivity index (χ0v) is 26.3. The topological polar surface area (TPSA) is 115 Å². The average Bonchev–Trinajstić information content (AvgIpc) is 3.07. The van der Waals surface area contributed by atoms with Gasteiger partial charge in [-0.1, -0.05) is 66.7 Å². The van der Waals surface area contributed by atoms with Crippen LogP contribution in [0.2, 0.25) is 0 Å². The number of esters is 1. The van der Waals surface area contributed by atoms with Gasteiger partial charge >= 0.3 is 5.97 Å². The van der Waals surface area contributed by atoms with Gasteiger partial charge in [0, 0.05) is 30.6 Å². The molecule has 1 saturated heterocycles. The maximum absolute atomic E-state index is 13.7. The highest BCUT2D eigenvalue weighted by Gasteiger charge is 2.41. The number of hydrogen-bond donors (Lipinski definition) is 1. The molecule has 1 N–H and O–H groups in total. The van der Waals surface area contributed by atoms with E-state index in [1.807, 2.05) is 24.3 Å². The van der Waals surface area contributed by atoms with E-state index in [1.54, 1.807) is 31.3 Å². The average molecular weight is 631 g/mol. The number of hydrogen-bond acceptors (Lipinski definition) is 7. The molecule has 0 spiro atoms. The van der Waals surface area contributed by atoms with Crippen molar-refractivity contribution >= 4 is 24.3 Å². The summed E-state index contributed by atoms with van der Waals surface area (Å²) >= 11 is 0. The van der Waals surface area contributed by atoms with Gasteiger partial charge in [0.25, 0.3) is 11.6 Å². The molecule has 1 fully saturated rings. The van der Waals surface area contributed by atoms with Crippen LogP contribution in [0.25, 0.3) is 0 Å². The monoisotopic (exact) mass is 630 g/mol. The number of nitro groups is 1. The van der Waals surface area contributed by atoms with Crippen molar-refractivity contribution in [2.24, 2.45) is 5.92 Å². The first-order valence-electron chi connectivity index (χ1n) is 15.1. The van der Waals surface area contributed by atoms with Crippen molar-refractivity contribution in [3.63, 3.8) is 0 Å². The van der Waals surface area contributed by atoms with E-state index < -0.39 is 22.9 Å². The lowest BCUT2D eigenvalue weighted by Gasteiger charge is -2.40. The maximum Gasteiger partial charge on any atom is 0.344 e. The minimum absolute atomic E-state index is 0. The van der Waals surface area contributed by atoms with Gasteiger partial charge in [0.15, 0.2) is 0 Å². The van der Waals surface area contributed by atoms with Gasteiger partial charge in [0.05, 0.1) is 12.0 Å². The van der Waals surface area contributed by atoms with E-state index in [4.69, 9.17) is 4.74 Å². The molecule has 1 amide bonds. The molecule has 0 saturated carbocycles. The number of nitrogens with one attached hydrogen (secondary N) is 1. The molecule has 3 atom stereocenters. The first kappa shape index (κ1) is 33.6. The number of allylic oxidation sites excluding steroid dienone is 1. The highest BCUT2D eigenvalue weighted by molar-refractivity contribution is 5.94.